The summed E-state index contributed by atoms with van der Waals surface area (Å²) in [5.41, 5.74) is 0. The highest BCUT2D eigenvalue weighted by Crippen LogP contribution is 2.15. The molecule has 0 aromatic rings. The van der Waals surface area contributed by atoms with E-state index in [9.17, 15) is 14.4 Å². The SMILES string of the molecule is CCCC/C=C\CCCCCCCC(=O)OCC(COC(=O)CCCCCCCCC/C=C\CCCCCCCC)OC(=O)CCCCCCCCC/C=C\CCCCCC. The van der Waals surface area contributed by atoms with Gasteiger partial charge in [0, 0.05) is 19.3 Å². The van der Waals surface area contributed by atoms with Crippen LogP contribution in [-0.4, -0.2) is 37.2 Å². The van der Waals surface area contributed by atoms with Crippen molar-refractivity contribution in [3.8, 4) is 0 Å². The lowest BCUT2D eigenvalue weighted by Gasteiger charge is -2.18. The maximum Gasteiger partial charge on any atom is 0.306 e. The second kappa shape index (κ2) is 50.3. The van der Waals surface area contributed by atoms with E-state index >= 15 is 0 Å². The molecular formula is C55H100O6. The van der Waals surface area contributed by atoms with E-state index in [1.165, 1.54) is 173 Å². The first kappa shape index (κ1) is 58.6. The number of allylic oxidation sites excluding steroid dienone is 6. The van der Waals surface area contributed by atoms with Crippen molar-refractivity contribution in [3.05, 3.63) is 36.5 Å². The number of carbonyl (C=O) groups excluding carboxylic acids is 3. The summed E-state index contributed by atoms with van der Waals surface area (Å²) in [5, 5.41) is 0. The van der Waals surface area contributed by atoms with Crippen LogP contribution in [0, 0.1) is 0 Å². The fourth-order valence-electron chi connectivity index (χ4n) is 7.53. The van der Waals surface area contributed by atoms with Gasteiger partial charge in [-0.15, -0.1) is 0 Å². The second-order valence-electron chi connectivity index (χ2n) is 17.8. The van der Waals surface area contributed by atoms with Crippen LogP contribution in [0.3, 0.4) is 0 Å². The van der Waals surface area contributed by atoms with Crippen LogP contribution in [0.25, 0.3) is 0 Å². The van der Waals surface area contributed by atoms with E-state index in [0.29, 0.717) is 19.3 Å². The molecule has 0 aliphatic rings. The molecule has 0 saturated heterocycles. The molecule has 0 radical (unpaired) electrons. The Kier molecular flexibility index (Phi) is 48.3. The Morgan fingerprint density at radius 2 is 0.557 bits per heavy atom. The van der Waals surface area contributed by atoms with Crippen LogP contribution in [0.5, 0.6) is 0 Å². The van der Waals surface area contributed by atoms with Gasteiger partial charge >= 0.3 is 17.9 Å². The zero-order chi connectivity index (χ0) is 44.4. The monoisotopic (exact) mass is 857 g/mol. The van der Waals surface area contributed by atoms with E-state index < -0.39 is 6.10 Å². The molecule has 0 bridgehead atoms. The van der Waals surface area contributed by atoms with Crippen molar-refractivity contribution in [3.63, 3.8) is 0 Å². The average Bonchev–Trinajstić information content (AvgIpc) is 3.26. The molecule has 0 aromatic carbocycles. The summed E-state index contributed by atoms with van der Waals surface area (Å²) in [4.78, 5) is 38.0. The zero-order valence-electron chi connectivity index (χ0n) is 40.7. The first-order valence-electron chi connectivity index (χ1n) is 26.5. The van der Waals surface area contributed by atoms with E-state index in [2.05, 4.69) is 57.2 Å². The van der Waals surface area contributed by atoms with E-state index in [0.717, 1.165) is 64.2 Å². The first-order chi connectivity index (χ1) is 30.0. The molecule has 6 nitrogen and oxygen atoms in total. The molecule has 0 aliphatic carbocycles. The average molecular weight is 857 g/mol. The Morgan fingerprint density at radius 3 is 0.885 bits per heavy atom. The highest BCUT2D eigenvalue weighted by Gasteiger charge is 2.19. The fourth-order valence-corrected chi connectivity index (χ4v) is 7.53. The lowest BCUT2D eigenvalue weighted by atomic mass is 10.1. The van der Waals surface area contributed by atoms with Crippen molar-refractivity contribution in [2.24, 2.45) is 0 Å². The van der Waals surface area contributed by atoms with Gasteiger partial charge in [-0.05, 0) is 89.9 Å². The van der Waals surface area contributed by atoms with Crippen LogP contribution in [-0.2, 0) is 28.6 Å². The highest BCUT2D eigenvalue weighted by atomic mass is 16.6. The first-order valence-corrected chi connectivity index (χ1v) is 26.5. The predicted molar refractivity (Wildman–Crippen MR) is 261 cm³/mol. The Labute approximate surface area is 378 Å². The number of hydrogen-bond donors (Lipinski definition) is 0. The summed E-state index contributed by atoms with van der Waals surface area (Å²) < 4.78 is 16.8. The molecule has 0 fully saturated rings. The van der Waals surface area contributed by atoms with Crippen LogP contribution in [0.15, 0.2) is 36.5 Å². The van der Waals surface area contributed by atoms with E-state index in [4.69, 9.17) is 14.2 Å². The van der Waals surface area contributed by atoms with Crippen LogP contribution < -0.4 is 0 Å². The molecule has 6 heteroatoms. The van der Waals surface area contributed by atoms with Gasteiger partial charge in [0.1, 0.15) is 13.2 Å². The predicted octanol–water partition coefficient (Wildman–Crippen LogP) is 17.3. The van der Waals surface area contributed by atoms with Crippen molar-refractivity contribution in [2.45, 2.75) is 284 Å². The Balaban J connectivity index is 4.34. The Bertz CT molecular complexity index is 1030. The molecule has 0 aliphatic heterocycles. The normalized spacial score (nSPS) is 12.2. The molecule has 0 heterocycles. The molecule has 61 heavy (non-hydrogen) atoms. The summed E-state index contributed by atoms with van der Waals surface area (Å²) in [6.45, 7) is 6.59. The molecule has 0 spiro atoms. The van der Waals surface area contributed by atoms with E-state index in [-0.39, 0.29) is 31.1 Å². The number of unbranched alkanes of at least 4 members (excludes halogenated alkanes) is 31. The van der Waals surface area contributed by atoms with E-state index in [1.54, 1.807) is 0 Å². The van der Waals surface area contributed by atoms with Crippen molar-refractivity contribution >= 4 is 17.9 Å². The molecule has 0 N–H and O–H groups in total. The molecule has 0 saturated carbocycles. The summed E-state index contributed by atoms with van der Waals surface area (Å²) in [6, 6.07) is 0. The lowest BCUT2D eigenvalue weighted by molar-refractivity contribution is -0.167. The van der Waals surface area contributed by atoms with Crippen molar-refractivity contribution < 1.29 is 28.6 Å². The molecule has 1 atom stereocenters. The van der Waals surface area contributed by atoms with Crippen LogP contribution in [0.4, 0.5) is 0 Å². The molecule has 356 valence electrons. The van der Waals surface area contributed by atoms with Gasteiger partial charge in [-0.2, -0.15) is 0 Å². The Morgan fingerprint density at radius 1 is 0.311 bits per heavy atom. The summed E-state index contributed by atoms with van der Waals surface area (Å²) in [6.07, 6.45) is 58.4. The van der Waals surface area contributed by atoms with Gasteiger partial charge in [-0.25, -0.2) is 0 Å². The Hall–Kier alpha value is -2.37. The number of carbonyl (C=O) groups is 3. The van der Waals surface area contributed by atoms with E-state index in [1.807, 2.05) is 0 Å². The largest absolute Gasteiger partial charge is 0.462 e. The summed E-state index contributed by atoms with van der Waals surface area (Å²) in [5.74, 6) is -0.886. The highest BCUT2D eigenvalue weighted by molar-refractivity contribution is 5.71. The minimum atomic E-state index is -0.776. The van der Waals surface area contributed by atoms with Gasteiger partial charge < -0.3 is 14.2 Å². The molecule has 1 unspecified atom stereocenters. The third-order valence-corrected chi connectivity index (χ3v) is 11.6. The van der Waals surface area contributed by atoms with Gasteiger partial charge in [-0.1, -0.05) is 205 Å². The van der Waals surface area contributed by atoms with Crippen LogP contribution >= 0.6 is 0 Å². The number of esters is 3. The molecule has 0 rings (SSSR count). The van der Waals surface area contributed by atoms with Crippen molar-refractivity contribution in [1.29, 1.82) is 0 Å². The third-order valence-electron chi connectivity index (χ3n) is 11.6. The maximum absolute atomic E-state index is 12.8. The fraction of sp³-hybridized carbons (Fsp3) is 0.836. The standard InChI is InChI=1S/C55H100O6/c1-4-7-10-13-16-19-22-24-26-27-29-30-33-36-39-42-45-48-54(57)60-51-52(50-59-53(56)47-44-41-38-35-32-21-18-15-12-9-6-3)61-55(58)49-46-43-40-37-34-31-28-25-23-20-17-14-11-8-5-2/h15,18,20,23-24,26,52H,4-14,16-17,19,21-22,25,27-51H2,1-3H3/b18-15-,23-20-,26-24-. The number of hydrogen-bond acceptors (Lipinski definition) is 6. The molecule has 0 amide bonds. The number of ether oxygens (including phenoxy) is 3. The smallest absolute Gasteiger partial charge is 0.306 e. The van der Waals surface area contributed by atoms with Gasteiger partial charge in [-0.3, -0.25) is 14.4 Å². The van der Waals surface area contributed by atoms with Gasteiger partial charge in [0.25, 0.3) is 0 Å². The molecular weight excluding hydrogens is 757 g/mol. The maximum atomic E-state index is 12.8. The van der Waals surface area contributed by atoms with Gasteiger partial charge in [0.15, 0.2) is 6.10 Å². The third kappa shape index (κ3) is 48.5. The minimum Gasteiger partial charge on any atom is -0.462 e. The summed E-state index contributed by atoms with van der Waals surface area (Å²) in [7, 11) is 0. The van der Waals surface area contributed by atoms with Gasteiger partial charge in [0.2, 0.25) is 0 Å². The van der Waals surface area contributed by atoms with Crippen LogP contribution in [0.1, 0.15) is 278 Å². The minimum absolute atomic E-state index is 0.0772. The molecule has 0 aromatic heterocycles. The summed E-state index contributed by atoms with van der Waals surface area (Å²) >= 11 is 0. The topological polar surface area (TPSA) is 78.9 Å². The number of rotatable bonds is 48. The lowest BCUT2D eigenvalue weighted by Crippen LogP contribution is -2.30. The van der Waals surface area contributed by atoms with Crippen molar-refractivity contribution in [2.75, 3.05) is 13.2 Å². The van der Waals surface area contributed by atoms with Gasteiger partial charge in [0.05, 0.1) is 0 Å². The second-order valence-corrected chi connectivity index (χ2v) is 17.8. The zero-order valence-corrected chi connectivity index (χ0v) is 40.7. The van der Waals surface area contributed by atoms with Crippen LogP contribution in [0.2, 0.25) is 0 Å². The quantitative estimate of drug-likeness (QED) is 0.0262. The van der Waals surface area contributed by atoms with Crippen molar-refractivity contribution in [1.82, 2.24) is 0 Å².